The fraction of sp³-hybridized carbons (Fsp3) is 0.300. The molecule has 192 valence electrons. The summed E-state index contributed by atoms with van der Waals surface area (Å²) in [6, 6.07) is 24.9. The van der Waals surface area contributed by atoms with E-state index in [1.807, 2.05) is 65.6 Å². The van der Waals surface area contributed by atoms with Crippen molar-refractivity contribution in [3.8, 4) is 11.1 Å². The molecule has 37 heavy (non-hydrogen) atoms. The molecule has 0 bridgehead atoms. The molecule has 3 aromatic rings. The van der Waals surface area contributed by atoms with Crippen LogP contribution in [-0.2, 0) is 20.7 Å². The van der Waals surface area contributed by atoms with Crippen molar-refractivity contribution in [3.63, 3.8) is 0 Å². The topological polar surface area (TPSA) is 102 Å². The maximum absolute atomic E-state index is 13.1. The number of nitrogens with two attached hydrogens (primary N) is 1. The highest BCUT2D eigenvalue weighted by Crippen LogP contribution is 2.28. The van der Waals surface area contributed by atoms with Gasteiger partial charge in [0.25, 0.3) is 5.91 Å². The number of carbonyl (C=O) groups is 3. The van der Waals surface area contributed by atoms with Crippen LogP contribution in [0, 0.1) is 5.92 Å². The second-order valence-corrected chi connectivity index (χ2v) is 9.40. The highest BCUT2D eigenvalue weighted by atomic mass is 16.5. The Morgan fingerprint density at radius 2 is 1.73 bits per heavy atom. The summed E-state index contributed by atoms with van der Waals surface area (Å²) < 4.78 is 4.79. The van der Waals surface area contributed by atoms with E-state index in [4.69, 9.17) is 10.5 Å². The van der Waals surface area contributed by atoms with Crippen molar-refractivity contribution in [2.45, 2.75) is 31.7 Å². The number of nitrogen functional groups attached to an aromatic ring is 1. The van der Waals surface area contributed by atoms with Crippen LogP contribution in [0.3, 0.4) is 0 Å². The summed E-state index contributed by atoms with van der Waals surface area (Å²) in [4.78, 5) is 39.9. The van der Waals surface area contributed by atoms with Crippen molar-refractivity contribution < 1.29 is 19.1 Å². The van der Waals surface area contributed by atoms with Crippen LogP contribution in [0.1, 0.15) is 35.2 Å². The molecular formula is C30H33N3O4. The molecule has 3 aromatic carbocycles. The molecule has 3 N–H and O–H groups in total. The number of esters is 1. The second kappa shape index (κ2) is 12.2. The van der Waals surface area contributed by atoms with E-state index in [0.717, 1.165) is 24.0 Å². The van der Waals surface area contributed by atoms with Gasteiger partial charge in [0, 0.05) is 30.4 Å². The molecule has 7 heteroatoms. The van der Waals surface area contributed by atoms with Crippen molar-refractivity contribution in [1.82, 2.24) is 10.2 Å². The third-order valence-electron chi connectivity index (χ3n) is 6.82. The number of likely N-dealkylation sites (tertiary alicyclic amines) is 1. The quantitative estimate of drug-likeness (QED) is 0.323. The molecule has 1 aliphatic rings. The van der Waals surface area contributed by atoms with Crippen LogP contribution in [0.15, 0.2) is 78.9 Å². The average Bonchev–Trinajstić information content (AvgIpc) is 3.21. The van der Waals surface area contributed by atoms with E-state index >= 15 is 0 Å². The molecule has 1 aliphatic heterocycles. The first-order chi connectivity index (χ1) is 17.9. The molecule has 4 rings (SSSR count). The molecule has 2 atom stereocenters. The lowest BCUT2D eigenvalue weighted by molar-refractivity contribution is -0.144. The number of ether oxygens (including phenoxy) is 1. The van der Waals surface area contributed by atoms with Gasteiger partial charge in [0.1, 0.15) is 0 Å². The SMILES string of the molecule is COC(=O)C[C@@H]1C[C@@H](CNC(=O)c2cccc(-c3cccc(N)c3)c2)N(CCCc2ccccc2)C1=O. The molecule has 0 saturated carbocycles. The first-order valence-corrected chi connectivity index (χ1v) is 12.6. The minimum atomic E-state index is -0.432. The monoisotopic (exact) mass is 499 g/mol. The van der Waals surface area contributed by atoms with Gasteiger partial charge in [0.15, 0.2) is 0 Å². The minimum Gasteiger partial charge on any atom is -0.469 e. The summed E-state index contributed by atoms with van der Waals surface area (Å²) in [5.74, 6) is -1.09. The Hall–Kier alpha value is -4.13. The van der Waals surface area contributed by atoms with Crippen LogP contribution in [-0.4, -0.2) is 48.9 Å². The van der Waals surface area contributed by atoms with Gasteiger partial charge in [-0.1, -0.05) is 54.6 Å². The van der Waals surface area contributed by atoms with Gasteiger partial charge >= 0.3 is 5.97 Å². The van der Waals surface area contributed by atoms with Crippen LogP contribution in [0.2, 0.25) is 0 Å². The Morgan fingerprint density at radius 1 is 1.00 bits per heavy atom. The fourth-order valence-electron chi connectivity index (χ4n) is 4.88. The Kier molecular flexibility index (Phi) is 8.56. The van der Waals surface area contributed by atoms with Crippen molar-refractivity contribution in [3.05, 3.63) is 90.0 Å². The summed E-state index contributed by atoms with van der Waals surface area (Å²) in [5.41, 5.74) is 10.2. The van der Waals surface area contributed by atoms with Crippen LogP contribution < -0.4 is 11.1 Å². The fourth-order valence-corrected chi connectivity index (χ4v) is 4.88. The summed E-state index contributed by atoms with van der Waals surface area (Å²) in [7, 11) is 1.33. The molecule has 0 radical (unpaired) electrons. The van der Waals surface area contributed by atoms with Crippen LogP contribution in [0.25, 0.3) is 11.1 Å². The van der Waals surface area contributed by atoms with Crippen LogP contribution in [0.5, 0.6) is 0 Å². The number of hydrogen-bond donors (Lipinski definition) is 2. The Bertz CT molecular complexity index is 1240. The number of amides is 2. The zero-order valence-electron chi connectivity index (χ0n) is 21.1. The molecule has 7 nitrogen and oxygen atoms in total. The molecule has 0 aromatic heterocycles. The first kappa shape index (κ1) is 25.9. The van der Waals surface area contributed by atoms with Crippen molar-refractivity contribution in [1.29, 1.82) is 0 Å². The zero-order valence-corrected chi connectivity index (χ0v) is 21.1. The highest BCUT2D eigenvalue weighted by molar-refractivity contribution is 5.95. The number of anilines is 1. The smallest absolute Gasteiger partial charge is 0.306 e. The molecule has 0 unspecified atom stereocenters. The van der Waals surface area contributed by atoms with Gasteiger partial charge in [-0.3, -0.25) is 14.4 Å². The molecule has 1 saturated heterocycles. The lowest BCUT2D eigenvalue weighted by Crippen LogP contribution is -2.42. The number of nitrogens with zero attached hydrogens (tertiary/aromatic N) is 1. The second-order valence-electron chi connectivity index (χ2n) is 9.40. The van der Waals surface area contributed by atoms with Gasteiger partial charge in [-0.25, -0.2) is 0 Å². The maximum atomic E-state index is 13.1. The lowest BCUT2D eigenvalue weighted by atomic mass is 10.0. The third-order valence-corrected chi connectivity index (χ3v) is 6.82. The lowest BCUT2D eigenvalue weighted by Gasteiger charge is -2.25. The third kappa shape index (κ3) is 6.76. The number of hydrogen-bond acceptors (Lipinski definition) is 5. The normalized spacial score (nSPS) is 17.0. The van der Waals surface area contributed by atoms with E-state index in [9.17, 15) is 14.4 Å². The van der Waals surface area contributed by atoms with Gasteiger partial charge in [-0.2, -0.15) is 0 Å². The van der Waals surface area contributed by atoms with Crippen LogP contribution in [0.4, 0.5) is 5.69 Å². The van der Waals surface area contributed by atoms with Gasteiger partial charge < -0.3 is 20.7 Å². The number of nitrogens with one attached hydrogen (secondary N) is 1. The maximum Gasteiger partial charge on any atom is 0.306 e. The Labute approximate surface area is 217 Å². The van der Waals surface area contributed by atoms with Crippen molar-refractivity contribution in [2.75, 3.05) is 25.9 Å². The Balaban J connectivity index is 1.41. The van der Waals surface area contributed by atoms with Gasteiger partial charge in [-0.15, -0.1) is 0 Å². The highest BCUT2D eigenvalue weighted by Gasteiger charge is 2.40. The summed E-state index contributed by atoms with van der Waals surface area (Å²) in [5, 5.41) is 3.00. The predicted octanol–water partition coefficient (Wildman–Crippen LogP) is 4.08. The van der Waals surface area contributed by atoms with E-state index in [-0.39, 0.29) is 24.3 Å². The van der Waals surface area contributed by atoms with E-state index in [1.54, 1.807) is 6.07 Å². The average molecular weight is 500 g/mol. The van der Waals surface area contributed by atoms with Gasteiger partial charge in [-0.05, 0) is 60.2 Å². The standard InChI is InChI=1S/C30H33N3O4/c1-37-28(34)19-25-18-27(33(30(25)36)15-7-10-21-8-3-2-4-9-21)20-32-29(35)24-13-5-11-22(16-24)23-12-6-14-26(31)17-23/h2-6,8-9,11-14,16-17,25,27H,7,10,15,18-20,31H2,1H3,(H,32,35)/t25-,27-/m0/s1. The summed E-state index contributed by atoms with van der Waals surface area (Å²) in [6.07, 6.45) is 2.20. The molecule has 1 fully saturated rings. The predicted molar refractivity (Wildman–Crippen MR) is 144 cm³/mol. The van der Waals surface area contributed by atoms with E-state index in [2.05, 4.69) is 17.4 Å². The minimum absolute atomic E-state index is 0.0528. The molecule has 0 aliphatic carbocycles. The summed E-state index contributed by atoms with van der Waals surface area (Å²) >= 11 is 0. The molecule has 0 spiro atoms. The van der Waals surface area contributed by atoms with Crippen molar-refractivity contribution >= 4 is 23.5 Å². The summed E-state index contributed by atoms with van der Waals surface area (Å²) in [6.45, 7) is 0.882. The first-order valence-electron chi connectivity index (χ1n) is 12.6. The van der Waals surface area contributed by atoms with Gasteiger partial charge in [0.05, 0.1) is 19.4 Å². The molecule has 2 amide bonds. The van der Waals surface area contributed by atoms with E-state index < -0.39 is 11.9 Å². The van der Waals surface area contributed by atoms with Crippen molar-refractivity contribution in [2.24, 2.45) is 5.92 Å². The number of aryl methyl sites for hydroxylation is 1. The van der Waals surface area contributed by atoms with E-state index in [1.165, 1.54) is 12.7 Å². The number of benzene rings is 3. The van der Waals surface area contributed by atoms with Crippen LogP contribution >= 0.6 is 0 Å². The number of carbonyl (C=O) groups excluding carboxylic acids is 3. The van der Waals surface area contributed by atoms with E-state index in [0.29, 0.717) is 30.8 Å². The zero-order chi connectivity index (χ0) is 26.2. The largest absolute Gasteiger partial charge is 0.469 e. The molecule has 1 heterocycles. The van der Waals surface area contributed by atoms with Gasteiger partial charge in [0.2, 0.25) is 5.91 Å². The molecular weight excluding hydrogens is 466 g/mol. The number of methoxy groups -OCH3 is 1. The Morgan fingerprint density at radius 3 is 2.46 bits per heavy atom. The number of rotatable bonds is 10.